The number of aromatic nitrogens is 1. The number of rotatable bonds is 8. The highest BCUT2D eigenvalue weighted by molar-refractivity contribution is 6.44. The highest BCUT2D eigenvalue weighted by atomic mass is 35.5. The largest absolute Gasteiger partial charge is 0.327 e. The molecule has 1 aromatic carbocycles. The number of hydrogen-bond acceptors (Lipinski definition) is 5. The van der Waals surface area contributed by atoms with Gasteiger partial charge in [-0.25, -0.2) is 0 Å². The lowest BCUT2D eigenvalue weighted by molar-refractivity contribution is -0.140. The summed E-state index contributed by atoms with van der Waals surface area (Å²) < 4.78 is 0. The van der Waals surface area contributed by atoms with Crippen LogP contribution in [0.15, 0.2) is 48.8 Å². The van der Waals surface area contributed by atoms with Crippen LogP contribution in [0.1, 0.15) is 35.8 Å². The molecule has 2 atom stereocenters. The van der Waals surface area contributed by atoms with E-state index in [4.69, 9.17) is 11.6 Å². The van der Waals surface area contributed by atoms with E-state index in [9.17, 15) is 14.4 Å². The van der Waals surface area contributed by atoms with Crippen molar-refractivity contribution in [3.8, 4) is 0 Å². The molecule has 152 valence electrons. The molecule has 0 aliphatic carbocycles. The third-order valence-corrected chi connectivity index (χ3v) is 5.67. The first kappa shape index (κ1) is 21.1. The number of halogens is 1. The van der Waals surface area contributed by atoms with E-state index in [-0.39, 0.29) is 5.78 Å². The second kappa shape index (κ2) is 9.29. The van der Waals surface area contributed by atoms with Gasteiger partial charge in [0.05, 0.1) is 6.04 Å². The Balaban J connectivity index is 1.99. The third kappa shape index (κ3) is 4.38. The van der Waals surface area contributed by atoms with Crippen molar-refractivity contribution in [1.29, 1.82) is 0 Å². The summed E-state index contributed by atoms with van der Waals surface area (Å²) in [5, 5.41) is 0.552. The van der Waals surface area contributed by atoms with E-state index in [2.05, 4.69) is 9.88 Å². The van der Waals surface area contributed by atoms with E-state index in [1.165, 1.54) is 17.3 Å². The Morgan fingerprint density at radius 3 is 2.28 bits per heavy atom. The molecule has 2 unspecified atom stereocenters. The molecule has 2 heterocycles. The van der Waals surface area contributed by atoms with Gasteiger partial charge in [0, 0.05) is 36.1 Å². The zero-order valence-electron chi connectivity index (χ0n) is 16.5. The number of Topliss-reactive ketones (excluding diaryl/α,β-unsaturated/α-hetero) is 2. The standard InChI is InChI=1S/C22H24ClN3O3/c1-3-25(4-2)13-14-26-19(15-5-7-17(23)8-6-15)18(21(28)22(26)29)20(27)16-9-11-24-12-10-16/h5-12,18-19H,3-4,13-14H2,1-2H3. The van der Waals surface area contributed by atoms with Gasteiger partial charge < -0.3 is 9.80 Å². The van der Waals surface area contributed by atoms with E-state index in [1.807, 2.05) is 13.8 Å². The lowest BCUT2D eigenvalue weighted by Crippen LogP contribution is -2.38. The molecule has 0 bridgehead atoms. The molecule has 0 radical (unpaired) electrons. The normalized spacial score (nSPS) is 19.2. The van der Waals surface area contributed by atoms with Crippen molar-refractivity contribution < 1.29 is 14.4 Å². The molecule has 0 N–H and O–H groups in total. The van der Waals surface area contributed by atoms with Crippen molar-refractivity contribution in [2.24, 2.45) is 5.92 Å². The quantitative estimate of drug-likeness (QED) is 0.378. The predicted molar refractivity (Wildman–Crippen MR) is 111 cm³/mol. The SMILES string of the molecule is CCN(CC)CCN1C(=O)C(=O)C(C(=O)c2ccncc2)C1c1ccc(Cl)cc1. The summed E-state index contributed by atoms with van der Waals surface area (Å²) in [6.07, 6.45) is 3.01. The molecule has 1 saturated heterocycles. The number of likely N-dealkylation sites (tertiary alicyclic amines) is 1. The van der Waals surface area contributed by atoms with Crippen LogP contribution >= 0.6 is 11.6 Å². The summed E-state index contributed by atoms with van der Waals surface area (Å²) in [7, 11) is 0. The van der Waals surface area contributed by atoms with Gasteiger partial charge in [0.1, 0.15) is 5.92 Å². The number of carbonyl (C=O) groups excluding carboxylic acids is 3. The Morgan fingerprint density at radius 2 is 1.69 bits per heavy atom. The number of benzene rings is 1. The van der Waals surface area contributed by atoms with Gasteiger partial charge in [0.25, 0.3) is 5.91 Å². The lowest BCUT2D eigenvalue weighted by atomic mass is 9.86. The second-order valence-corrected chi connectivity index (χ2v) is 7.40. The molecule has 1 aliphatic heterocycles. The third-order valence-electron chi connectivity index (χ3n) is 5.42. The van der Waals surface area contributed by atoms with E-state index in [1.54, 1.807) is 36.4 Å². The van der Waals surface area contributed by atoms with Crippen LogP contribution in [-0.4, -0.2) is 58.4 Å². The van der Waals surface area contributed by atoms with Crippen LogP contribution in [0.25, 0.3) is 0 Å². The van der Waals surface area contributed by atoms with Crippen molar-refractivity contribution in [2.75, 3.05) is 26.2 Å². The molecular formula is C22H24ClN3O3. The fourth-order valence-corrected chi connectivity index (χ4v) is 3.87. The van der Waals surface area contributed by atoms with Crippen molar-refractivity contribution in [3.63, 3.8) is 0 Å². The van der Waals surface area contributed by atoms with E-state index >= 15 is 0 Å². The zero-order chi connectivity index (χ0) is 21.0. The number of carbonyl (C=O) groups is 3. The van der Waals surface area contributed by atoms with Gasteiger partial charge in [-0.15, -0.1) is 0 Å². The first-order chi connectivity index (χ1) is 14.0. The van der Waals surface area contributed by atoms with Crippen molar-refractivity contribution >= 4 is 29.1 Å². The van der Waals surface area contributed by atoms with Crippen LogP contribution in [0.5, 0.6) is 0 Å². The van der Waals surface area contributed by atoms with Crippen LogP contribution < -0.4 is 0 Å². The van der Waals surface area contributed by atoms with Crippen molar-refractivity contribution in [3.05, 3.63) is 64.9 Å². The average Bonchev–Trinajstić information content (AvgIpc) is 3.00. The van der Waals surface area contributed by atoms with Gasteiger partial charge >= 0.3 is 0 Å². The molecule has 2 aromatic rings. The Hall–Kier alpha value is -2.57. The predicted octanol–water partition coefficient (Wildman–Crippen LogP) is 3.03. The van der Waals surface area contributed by atoms with Crippen molar-refractivity contribution in [1.82, 2.24) is 14.8 Å². The highest BCUT2D eigenvalue weighted by Crippen LogP contribution is 2.38. The van der Waals surface area contributed by atoms with Gasteiger partial charge in [0.15, 0.2) is 5.78 Å². The molecule has 7 heteroatoms. The summed E-state index contributed by atoms with van der Waals surface area (Å²) in [5.74, 6) is -2.71. The highest BCUT2D eigenvalue weighted by Gasteiger charge is 2.51. The number of pyridine rings is 1. The topological polar surface area (TPSA) is 70.6 Å². The minimum absolute atomic E-state index is 0.365. The monoisotopic (exact) mass is 413 g/mol. The molecule has 1 amide bonds. The van der Waals surface area contributed by atoms with Gasteiger partial charge in [-0.3, -0.25) is 19.4 Å². The number of amides is 1. The minimum atomic E-state index is -1.08. The molecule has 29 heavy (non-hydrogen) atoms. The molecule has 6 nitrogen and oxygen atoms in total. The second-order valence-electron chi connectivity index (χ2n) is 6.96. The summed E-state index contributed by atoms with van der Waals surface area (Å²) in [6, 6.07) is 9.45. The summed E-state index contributed by atoms with van der Waals surface area (Å²) >= 11 is 6.02. The Kier molecular flexibility index (Phi) is 6.77. The molecule has 0 saturated carbocycles. The van der Waals surface area contributed by atoms with E-state index in [0.717, 1.165) is 18.7 Å². The molecule has 1 aromatic heterocycles. The first-order valence-corrected chi connectivity index (χ1v) is 10.1. The summed E-state index contributed by atoms with van der Waals surface area (Å²) in [5.41, 5.74) is 1.09. The van der Waals surface area contributed by atoms with E-state index < -0.39 is 23.7 Å². The van der Waals surface area contributed by atoms with Crippen molar-refractivity contribution in [2.45, 2.75) is 19.9 Å². The number of ketones is 2. The lowest BCUT2D eigenvalue weighted by Gasteiger charge is -2.29. The van der Waals surface area contributed by atoms with Gasteiger partial charge in [0.2, 0.25) is 5.78 Å². The maximum absolute atomic E-state index is 13.2. The number of likely N-dealkylation sites (N-methyl/N-ethyl adjacent to an activating group) is 1. The van der Waals surface area contributed by atoms with Crippen LogP contribution in [-0.2, 0) is 9.59 Å². The zero-order valence-corrected chi connectivity index (χ0v) is 17.3. The molecule has 3 rings (SSSR count). The maximum Gasteiger partial charge on any atom is 0.291 e. The Morgan fingerprint density at radius 1 is 1.07 bits per heavy atom. The number of hydrogen-bond donors (Lipinski definition) is 0. The van der Waals surface area contributed by atoms with Gasteiger partial charge in [-0.1, -0.05) is 37.6 Å². The summed E-state index contributed by atoms with van der Waals surface area (Å²) in [6.45, 7) is 6.79. The maximum atomic E-state index is 13.2. The van der Waals surface area contributed by atoms with Gasteiger partial charge in [-0.2, -0.15) is 0 Å². The van der Waals surface area contributed by atoms with Crippen LogP contribution in [0.3, 0.4) is 0 Å². The van der Waals surface area contributed by atoms with Crippen LogP contribution in [0, 0.1) is 5.92 Å². The Bertz CT molecular complexity index is 882. The molecule has 0 spiro atoms. The smallest absolute Gasteiger partial charge is 0.291 e. The first-order valence-electron chi connectivity index (χ1n) is 9.74. The molecule has 1 fully saturated rings. The fraction of sp³-hybridized carbons (Fsp3) is 0.364. The average molecular weight is 414 g/mol. The number of nitrogens with zero attached hydrogens (tertiary/aromatic N) is 3. The fourth-order valence-electron chi connectivity index (χ4n) is 3.74. The van der Waals surface area contributed by atoms with Gasteiger partial charge in [-0.05, 0) is 42.9 Å². The van der Waals surface area contributed by atoms with Crippen LogP contribution in [0.4, 0.5) is 0 Å². The molecule has 1 aliphatic rings. The Labute approximate surface area is 175 Å². The summed E-state index contributed by atoms with van der Waals surface area (Å²) in [4.78, 5) is 46.6. The van der Waals surface area contributed by atoms with E-state index in [0.29, 0.717) is 23.7 Å². The van der Waals surface area contributed by atoms with Crippen LogP contribution in [0.2, 0.25) is 5.02 Å². The minimum Gasteiger partial charge on any atom is -0.327 e. The molecular weight excluding hydrogens is 390 g/mol.